The third-order valence-corrected chi connectivity index (χ3v) is 3.15. The van der Waals surface area contributed by atoms with Gasteiger partial charge in [0, 0.05) is 5.56 Å². The topological polar surface area (TPSA) is 59.9 Å². The number of carbonyl (C=O) groups excluding carboxylic acids is 1. The predicted octanol–water partition coefficient (Wildman–Crippen LogP) is 3.12. The number of hydrazone groups is 1. The second kappa shape index (κ2) is 7.47. The summed E-state index contributed by atoms with van der Waals surface area (Å²) in [5.41, 5.74) is 3.66. The van der Waals surface area contributed by atoms with Crippen molar-refractivity contribution in [2.45, 2.75) is 0 Å². The number of halogens is 1. The quantitative estimate of drug-likeness (QED) is 0.680. The van der Waals surface area contributed by atoms with Gasteiger partial charge in [-0.05, 0) is 29.8 Å². The normalized spacial score (nSPS) is 10.5. The lowest BCUT2D eigenvalue weighted by molar-refractivity contribution is 0.0955. The summed E-state index contributed by atoms with van der Waals surface area (Å²) < 4.78 is 10.3. The van der Waals surface area contributed by atoms with Gasteiger partial charge in [0.25, 0.3) is 5.91 Å². The van der Waals surface area contributed by atoms with Crippen molar-refractivity contribution in [3.05, 3.63) is 58.6 Å². The summed E-state index contributed by atoms with van der Waals surface area (Å²) in [5, 5.41) is 4.31. The second-order valence-corrected chi connectivity index (χ2v) is 4.71. The van der Waals surface area contributed by atoms with Crippen molar-refractivity contribution in [2.24, 2.45) is 5.10 Å². The molecule has 0 aliphatic heterocycles. The number of methoxy groups -OCH3 is 2. The molecule has 2 rings (SSSR count). The fourth-order valence-corrected chi connectivity index (χ4v) is 2.13. The van der Waals surface area contributed by atoms with Crippen LogP contribution in [-0.4, -0.2) is 26.3 Å². The molecule has 6 heteroatoms. The first-order chi connectivity index (χ1) is 10.7. The molecule has 114 valence electrons. The summed E-state index contributed by atoms with van der Waals surface area (Å²) in [6, 6.07) is 12.2. The van der Waals surface area contributed by atoms with Crippen LogP contribution in [0.4, 0.5) is 0 Å². The maximum absolute atomic E-state index is 11.8. The smallest absolute Gasteiger partial charge is 0.271 e. The number of nitrogens with zero attached hydrogens (tertiary/aromatic N) is 1. The van der Waals surface area contributed by atoms with E-state index < -0.39 is 0 Å². The molecule has 0 radical (unpaired) electrons. The average Bonchev–Trinajstić information content (AvgIpc) is 2.55. The van der Waals surface area contributed by atoms with E-state index in [1.54, 1.807) is 36.4 Å². The standard InChI is InChI=1S/C16H15ClN2O3/c1-21-14-9-11(8-13(17)15(14)22-2)10-18-19-16(20)12-6-4-3-5-7-12/h3-10H,1-2H3,(H,19,20)/b18-10+. The Hall–Kier alpha value is -2.53. The van der Waals surface area contributed by atoms with E-state index in [0.29, 0.717) is 27.6 Å². The Balaban J connectivity index is 2.10. The zero-order chi connectivity index (χ0) is 15.9. The molecule has 1 amide bonds. The van der Waals surface area contributed by atoms with Gasteiger partial charge in [-0.2, -0.15) is 5.10 Å². The number of hydrogen-bond donors (Lipinski definition) is 1. The van der Waals surface area contributed by atoms with Crippen molar-refractivity contribution < 1.29 is 14.3 Å². The highest BCUT2D eigenvalue weighted by Gasteiger charge is 2.10. The van der Waals surface area contributed by atoms with Crippen LogP contribution < -0.4 is 14.9 Å². The number of amides is 1. The molecule has 0 saturated carbocycles. The Morgan fingerprint density at radius 2 is 1.91 bits per heavy atom. The molecule has 0 saturated heterocycles. The van der Waals surface area contributed by atoms with Crippen LogP contribution in [0.3, 0.4) is 0 Å². The third kappa shape index (κ3) is 3.77. The number of nitrogens with one attached hydrogen (secondary N) is 1. The van der Waals surface area contributed by atoms with Crippen molar-refractivity contribution >= 4 is 23.7 Å². The highest BCUT2D eigenvalue weighted by atomic mass is 35.5. The third-order valence-electron chi connectivity index (χ3n) is 2.87. The minimum Gasteiger partial charge on any atom is -0.493 e. The van der Waals surface area contributed by atoms with Gasteiger partial charge in [0.05, 0.1) is 25.5 Å². The number of hydrogen-bond acceptors (Lipinski definition) is 4. The average molecular weight is 319 g/mol. The highest BCUT2D eigenvalue weighted by Crippen LogP contribution is 2.35. The van der Waals surface area contributed by atoms with Crippen LogP contribution in [0.1, 0.15) is 15.9 Å². The molecule has 0 aromatic heterocycles. The van der Waals surface area contributed by atoms with E-state index in [0.717, 1.165) is 0 Å². The van der Waals surface area contributed by atoms with Crippen LogP contribution in [0.15, 0.2) is 47.6 Å². The first kappa shape index (κ1) is 15.9. The van der Waals surface area contributed by atoms with Crippen molar-refractivity contribution in [1.29, 1.82) is 0 Å². The molecular weight excluding hydrogens is 304 g/mol. The number of rotatable bonds is 5. The molecule has 0 bridgehead atoms. The van der Waals surface area contributed by atoms with Gasteiger partial charge in [0.2, 0.25) is 0 Å². The molecule has 0 heterocycles. The summed E-state index contributed by atoms with van der Waals surface area (Å²) in [6.45, 7) is 0. The van der Waals surface area contributed by atoms with Gasteiger partial charge in [-0.3, -0.25) is 4.79 Å². The fourth-order valence-electron chi connectivity index (χ4n) is 1.83. The zero-order valence-electron chi connectivity index (χ0n) is 12.2. The van der Waals surface area contributed by atoms with E-state index in [2.05, 4.69) is 10.5 Å². The number of ether oxygens (including phenoxy) is 2. The van der Waals surface area contributed by atoms with Gasteiger partial charge in [-0.1, -0.05) is 29.8 Å². The summed E-state index contributed by atoms with van der Waals surface area (Å²) in [4.78, 5) is 11.8. The largest absolute Gasteiger partial charge is 0.493 e. The first-order valence-corrected chi connectivity index (χ1v) is 6.83. The summed E-state index contributed by atoms with van der Waals surface area (Å²) in [5.74, 6) is 0.656. The Morgan fingerprint density at radius 1 is 1.18 bits per heavy atom. The molecule has 0 spiro atoms. The zero-order valence-corrected chi connectivity index (χ0v) is 12.9. The van der Waals surface area contributed by atoms with Crippen molar-refractivity contribution in [1.82, 2.24) is 5.43 Å². The maximum Gasteiger partial charge on any atom is 0.271 e. The second-order valence-electron chi connectivity index (χ2n) is 4.30. The lowest BCUT2D eigenvalue weighted by atomic mass is 10.2. The van der Waals surface area contributed by atoms with E-state index in [9.17, 15) is 4.79 Å². The van der Waals surface area contributed by atoms with Gasteiger partial charge >= 0.3 is 0 Å². The van der Waals surface area contributed by atoms with Crippen LogP contribution in [-0.2, 0) is 0 Å². The minimum atomic E-state index is -0.288. The van der Waals surface area contributed by atoms with Gasteiger partial charge in [0.15, 0.2) is 11.5 Å². The van der Waals surface area contributed by atoms with Gasteiger partial charge in [0.1, 0.15) is 0 Å². The lowest BCUT2D eigenvalue weighted by Crippen LogP contribution is -2.17. The first-order valence-electron chi connectivity index (χ1n) is 6.45. The molecule has 0 aliphatic rings. The highest BCUT2D eigenvalue weighted by molar-refractivity contribution is 6.32. The summed E-state index contributed by atoms with van der Waals surface area (Å²) >= 11 is 6.10. The number of carbonyl (C=O) groups is 1. The van der Waals surface area contributed by atoms with Crippen molar-refractivity contribution in [3.8, 4) is 11.5 Å². The Bertz CT molecular complexity index is 687. The maximum atomic E-state index is 11.8. The van der Waals surface area contributed by atoms with E-state index >= 15 is 0 Å². The minimum absolute atomic E-state index is 0.288. The van der Waals surface area contributed by atoms with E-state index in [4.69, 9.17) is 21.1 Å². The SMILES string of the molecule is COc1cc(/C=N/NC(=O)c2ccccc2)cc(Cl)c1OC. The molecule has 2 aromatic rings. The Kier molecular flexibility index (Phi) is 5.38. The predicted molar refractivity (Wildman–Crippen MR) is 86.1 cm³/mol. The van der Waals surface area contributed by atoms with Crippen molar-refractivity contribution in [3.63, 3.8) is 0 Å². The van der Waals surface area contributed by atoms with Crippen LogP contribution in [0.2, 0.25) is 5.02 Å². The Morgan fingerprint density at radius 3 is 2.55 bits per heavy atom. The molecule has 1 N–H and O–H groups in total. The van der Waals surface area contributed by atoms with Gasteiger partial charge < -0.3 is 9.47 Å². The summed E-state index contributed by atoms with van der Waals surface area (Å²) in [6.07, 6.45) is 1.48. The van der Waals surface area contributed by atoms with Gasteiger partial charge in [-0.15, -0.1) is 0 Å². The summed E-state index contributed by atoms with van der Waals surface area (Å²) in [7, 11) is 3.03. The molecule has 0 aliphatic carbocycles. The van der Waals surface area contributed by atoms with Crippen LogP contribution in [0, 0.1) is 0 Å². The molecule has 22 heavy (non-hydrogen) atoms. The van der Waals surface area contributed by atoms with Gasteiger partial charge in [-0.25, -0.2) is 5.43 Å². The van der Waals surface area contributed by atoms with E-state index in [-0.39, 0.29) is 5.91 Å². The van der Waals surface area contributed by atoms with E-state index in [1.807, 2.05) is 6.07 Å². The fraction of sp³-hybridized carbons (Fsp3) is 0.125. The van der Waals surface area contributed by atoms with E-state index in [1.165, 1.54) is 20.4 Å². The molecule has 0 atom stereocenters. The monoisotopic (exact) mass is 318 g/mol. The molecule has 0 fully saturated rings. The van der Waals surface area contributed by atoms with Crippen LogP contribution >= 0.6 is 11.6 Å². The van der Waals surface area contributed by atoms with Crippen LogP contribution in [0.25, 0.3) is 0 Å². The molecular formula is C16H15ClN2O3. The molecule has 2 aromatic carbocycles. The van der Waals surface area contributed by atoms with Crippen LogP contribution in [0.5, 0.6) is 11.5 Å². The molecule has 5 nitrogen and oxygen atoms in total. The molecule has 0 unspecified atom stereocenters. The number of benzene rings is 2. The lowest BCUT2D eigenvalue weighted by Gasteiger charge is -2.09. The van der Waals surface area contributed by atoms with Crippen molar-refractivity contribution in [2.75, 3.05) is 14.2 Å². The Labute approximate surface area is 133 Å².